The molecule has 0 aliphatic rings. The summed E-state index contributed by atoms with van der Waals surface area (Å²) in [5, 5.41) is 17.5. The number of carbonyl (C=O) groups excluding carboxylic acids is 1. The van der Waals surface area contributed by atoms with Gasteiger partial charge in [0.1, 0.15) is 0 Å². The van der Waals surface area contributed by atoms with Crippen LogP contribution in [0, 0.1) is 0 Å². The van der Waals surface area contributed by atoms with E-state index in [1.54, 1.807) is 18.2 Å². The second-order valence-electron chi connectivity index (χ2n) is 5.29. The highest BCUT2D eigenvalue weighted by Gasteiger charge is 2.16. The Bertz CT molecular complexity index is 863. The zero-order valence-corrected chi connectivity index (χ0v) is 14.6. The van der Waals surface area contributed by atoms with Crippen LogP contribution in [0.1, 0.15) is 16.1 Å². The largest absolute Gasteiger partial charge is 0.350 e. The Morgan fingerprint density at radius 2 is 1.84 bits per heavy atom. The molecular formula is C17H15Cl2N5O. The first kappa shape index (κ1) is 17.3. The van der Waals surface area contributed by atoms with Crippen LogP contribution in [0.4, 0.5) is 11.5 Å². The van der Waals surface area contributed by atoms with Crippen LogP contribution in [-0.4, -0.2) is 27.9 Å². The summed E-state index contributed by atoms with van der Waals surface area (Å²) in [5.74, 6) is 0.0264. The third-order valence-corrected chi connectivity index (χ3v) is 3.95. The summed E-state index contributed by atoms with van der Waals surface area (Å²) in [7, 11) is 0. The number of aromatic nitrogens is 3. The van der Waals surface area contributed by atoms with E-state index in [-0.39, 0.29) is 11.6 Å². The van der Waals surface area contributed by atoms with Gasteiger partial charge in [-0.15, -0.1) is 10.2 Å². The Morgan fingerprint density at radius 3 is 2.60 bits per heavy atom. The summed E-state index contributed by atoms with van der Waals surface area (Å²) in [4.78, 5) is 12.3. The van der Waals surface area contributed by atoms with Gasteiger partial charge in [-0.25, -0.2) is 0 Å². The molecule has 0 fully saturated rings. The summed E-state index contributed by atoms with van der Waals surface area (Å²) < 4.78 is 0. The summed E-state index contributed by atoms with van der Waals surface area (Å²) >= 11 is 11.8. The topological polar surface area (TPSA) is 82.7 Å². The molecule has 128 valence electrons. The Labute approximate surface area is 154 Å². The van der Waals surface area contributed by atoms with Gasteiger partial charge in [0.25, 0.3) is 5.91 Å². The van der Waals surface area contributed by atoms with Crippen LogP contribution in [0.5, 0.6) is 0 Å². The van der Waals surface area contributed by atoms with Crippen molar-refractivity contribution < 1.29 is 4.79 Å². The highest BCUT2D eigenvalue weighted by molar-refractivity contribution is 6.31. The van der Waals surface area contributed by atoms with E-state index in [0.717, 1.165) is 11.3 Å². The average Bonchev–Trinajstić information content (AvgIpc) is 3.05. The van der Waals surface area contributed by atoms with Crippen molar-refractivity contribution in [3.8, 4) is 0 Å². The van der Waals surface area contributed by atoms with Crippen LogP contribution in [-0.2, 0) is 6.42 Å². The number of anilines is 2. The van der Waals surface area contributed by atoms with Crippen molar-refractivity contribution in [1.29, 1.82) is 0 Å². The van der Waals surface area contributed by atoms with Gasteiger partial charge in [-0.1, -0.05) is 41.4 Å². The summed E-state index contributed by atoms with van der Waals surface area (Å²) in [6.45, 7) is 0.476. The molecule has 6 nitrogen and oxygen atoms in total. The summed E-state index contributed by atoms with van der Waals surface area (Å²) in [6.07, 6.45) is 0.692. The quantitative estimate of drug-likeness (QED) is 0.611. The number of aromatic amines is 1. The summed E-state index contributed by atoms with van der Waals surface area (Å²) in [6, 6.07) is 14.6. The van der Waals surface area contributed by atoms with Gasteiger partial charge >= 0.3 is 0 Å². The van der Waals surface area contributed by atoms with Crippen molar-refractivity contribution in [3.05, 3.63) is 69.8 Å². The van der Waals surface area contributed by atoms with Crippen LogP contribution >= 0.6 is 23.2 Å². The maximum Gasteiger partial charge on any atom is 0.275 e. The Morgan fingerprint density at radius 1 is 1.04 bits per heavy atom. The number of nitrogens with one attached hydrogen (secondary N) is 3. The first-order chi connectivity index (χ1) is 12.1. The number of hydrogen-bond donors (Lipinski definition) is 3. The van der Waals surface area contributed by atoms with Crippen LogP contribution in [0.15, 0.2) is 48.5 Å². The molecule has 3 N–H and O–H groups in total. The molecule has 25 heavy (non-hydrogen) atoms. The molecule has 1 aromatic heterocycles. The predicted octanol–water partition coefficient (Wildman–Crippen LogP) is 3.83. The highest BCUT2D eigenvalue weighted by atomic mass is 35.5. The summed E-state index contributed by atoms with van der Waals surface area (Å²) in [5.41, 5.74) is 2.00. The minimum atomic E-state index is -0.313. The molecule has 0 aliphatic heterocycles. The maximum absolute atomic E-state index is 12.3. The molecule has 0 spiro atoms. The second kappa shape index (κ2) is 8.00. The number of rotatable bonds is 6. The molecule has 1 heterocycles. The van der Waals surface area contributed by atoms with E-state index in [9.17, 15) is 4.79 Å². The van der Waals surface area contributed by atoms with E-state index >= 15 is 0 Å². The van der Waals surface area contributed by atoms with E-state index in [4.69, 9.17) is 23.2 Å². The maximum atomic E-state index is 12.3. The van der Waals surface area contributed by atoms with Crippen LogP contribution < -0.4 is 10.6 Å². The molecule has 0 bridgehead atoms. The molecule has 3 rings (SSSR count). The van der Waals surface area contributed by atoms with Gasteiger partial charge < -0.3 is 10.6 Å². The van der Waals surface area contributed by atoms with E-state index in [2.05, 4.69) is 26.0 Å². The Balaban J connectivity index is 1.59. The van der Waals surface area contributed by atoms with Gasteiger partial charge in [0.2, 0.25) is 0 Å². The van der Waals surface area contributed by atoms with Gasteiger partial charge in [-0.2, -0.15) is 5.21 Å². The van der Waals surface area contributed by atoms with Crippen molar-refractivity contribution in [2.45, 2.75) is 6.42 Å². The van der Waals surface area contributed by atoms with Gasteiger partial charge in [0.05, 0.1) is 0 Å². The van der Waals surface area contributed by atoms with Gasteiger partial charge in [-0.05, 0) is 42.3 Å². The van der Waals surface area contributed by atoms with Crippen LogP contribution in [0.2, 0.25) is 10.0 Å². The minimum absolute atomic E-state index is 0.191. The molecule has 0 radical (unpaired) electrons. The first-order valence-corrected chi connectivity index (χ1v) is 8.33. The first-order valence-electron chi connectivity index (χ1n) is 7.58. The third-order valence-electron chi connectivity index (χ3n) is 3.46. The number of amides is 1. The van der Waals surface area contributed by atoms with Crippen molar-refractivity contribution >= 4 is 40.6 Å². The van der Waals surface area contributed by atoms with Gasteiger partial charge in [-0.3, -0.25) is 4.79 Å². The number of carbonyl (C=O) groups is 1. The Hall–Kier alpha value is -2.57. The fourth-order valence-corrected chi connectivity index (χ4v) is 2.55. The van der Waals surface area contributed by atoms with E-state index < -0.39 is 0 Å². The normalized spacial score (nSPS) is 10.5. The minimum Gasteiger partial charge on any atom is -0.350 e. The van der Waals surface area contributed by atoms with Crippen LogP contribution in [0.25, 0.3) is 0 Å². The number of hydrogen-bond acceptors (Lipinski definition) is 4. The molecule has 3 aromatic rings. The van der Waals surface area contributed by atoms with E-state index in [1.165, 1.54) is 0 Å². The predicted molar refractivity (Wildman–Crippen MR) is 98.6 cm³/mol. The lowest BCUT2D eigenvalue weighted by atomic mass is 10.1. The zero-order valence-electron chi connectivity index (χ0n) is 13.1. The number of benzene rings is 2. The lowest BCUT2D eigenvalue weighted by Crippen LogP contribution is -2.26. The molecule has 8 heteroatoms. The SMILES string of the molecule is O=C(NCCc1ccc(Cl)cc1)c1n[nH]nc1Nc1cccc(Cl)c1. The monoisotopic (exact) mass is 375 g/mol. The van der Waals surface area contributed by atoms with Gasteiger partial charge in [0, 0.05) is 22.3 Å². The molecular weight excluding hydrogens is 361 g/mol. The van der Waals surface area contributed by atoms with E-state index in [1.807, 2.05) is 30.3 Å². The number of halogens is 2. The molecule has 0 unspecified atom stereocenters. The lowest BCUT2D eigenvalue weighted by Gasteiger charge is -2.07. The highest BCUT2D eigenvalue weighted by Crippen LogP contribution is 2.20. The molecule has 0 saturated carbocycles. The molecule has 2 aromatic carbocycles. The van der Waals surface area contributed by atoms with E-state index in [0.29, 0.717) is 28.8 Å². The Kier molecular flexibility index (Phi) is 5.53. The lowest BCUT2D eigenvalue weighted by molar-refractivity contribution is 0.0950. The third kappa shape index (κ3) is 4.71. The average molecular weight is 376 g/mol. The number of H-pyrrole nitrogens is 1. The molecule has 0 atom stereocenters. The van der Waals surface area contributed by atoms with Crippen molar-refractivity contribution in [1.82, 2.24) is 20.7 Å². The fraction of sp³-hybridized carbons (Fsp3) is 0.118. The smallest absolute Gasteiger partial charge is 0.275 e. The fourth-order valence-electron chi connectivity index (χ4n) is 2.23. The molecule has 1 amide bonds. The van der Waals surface area contributed by atoms with Crippen molar-refractivity contribution in [2.75, 3.05) is 11.9 Å². The van der Waals surface area contributed by atoms with Crippen LogP contribution in [0.3, 0.4) is 0 Å². The molecule has 0 saturated heterocycles. The second-order valence-corrected chi connectivity index (χ2v) is 6.16. The van der Waals surface area contributed by atoms with Gasteiger partial charge in [0.15, 0.2) is 11.5 Å². The van der Waals surface area contributed by atoms with Crippen molar-refractivity contribution in [2.24, 2.45) is 0 Å². The van der Waals surface area contributed by atoms with Crippen molar-refractivity contribution in [3.63, 3.8) is 0 Å². The standard InChI is InChI=1S/C17H15Cl2N5O/c18-12-6-4-11(5-7-12)8-9-20-17(25)15-16(23-24-22-15)21-14-3-1-2-13(19)10-14/h1-7,10H,8-9H2,(H,20,25)(H2,21,22,23,24). The zero-order chi connectivity index (χ0) is 17.6. The molecule has 0 aliphatic carbocycles. The number of nitrogens with zero attached hydrogens (tertiary/aromatic N) is 2.